The standard InChI is InChI=1S/C22H29NO2/c1-22(2)20(15-23-13-14-24-3)21(22)18-9-11-19(12-10-18)25-16-17-7-5-4-6-8-17/h4-12,20-21,23H,13-16H2,1-3H3. The van der Waals surface area contributed by atoms with Crippen LogP contribution >= 0.6 is 0 Å². The van der Waals surface area contributed by atoms with Gasteiger partial charge < -0.3 is 14.8 Å². The molecular formula is C22H29NO2. The van der Waals surface area contributed by atoms with Crippen molar-refractivity contribution in [2.24, 2.45) is 11.3 Å². The summed E-state index contributed by atoms with van der Waals surface area (Å²) in [5.41, 5.74) is 2.96. The van der Waals surface area contributed by atoms with Crippen molar-refractivity contribution >= 4 is 0 Å². The Labute approximate surface area is 151 Å². The summed E-state index contributed by atoms with van der Waals surface area (Å²) in [6.07, 6.45) is 0. The average Bonchev–Trinajstić information content (AvgIpc) is 3.19. The fraction of sp³-hybridized carbons (Fsp3) is 0.455. The molecule has 2 aromatic rings. The Morgan fingerprint density at radius 2 is 1.72 bits per heavy atom. The molecule has 0 bridgehead atoms. The molecule has 1 fully saturated rings. The molecule has 0 aliphatic heterocycles. The van der Waals surface area contributed by atoms with E-state index in [0.717, 1.165) is 25.4 Å². The Hall–Kier alpha value is -1.84. The van der Waals surface area contributed by atoms with Crippen LogP contribution in [0, 0.1) is 11.3 Å². The van der Waals surface area contributed by atoms with E-state index in [9.17, 15) is 0 Å². The van der Waals surface area contributed by atoms with Crippen LogP contribution in [-0.2, 0) is 11.3 Å². The molecule has 1 N–H and O–H groups in total. The van der Waals surface area contributed by atoms with E-state index in [1.807, 2.05) is 18.2 Å². The number of nitrogens with one attached hydrogen (secondary N) is 1. The molecule has 2 unspecified atom stereocenters. The van der Waals surface area contributed by atoms with Gasteiger partial charge in [0.1, 0.15) is 12.4 Å². The molecular weight excluding hydrogens is 310 g/mol. The highest BCUT2D eigenvalue weighted by molar-refractivity contribution is 5.36. The SMILES string of the molecule is COCCNCC1C(c2ccc(OCc3ccccc3)cc2)C1(C)C. The zero-order chi connectivity index (χ0) is 17.7. The maximum Gasteiger partial charge on any atom is 0.119 e. The van der Waals surface area contributed by atoms with Crippen LogP contribution in [0.3, 0.4) is 0 Å². The van der Waals surface area contributed by atoms with E-state index in [4.69, 9.17) is 9.47 Å². The van der Waals surface area contributed by atoms with Crippen LogP contribution in [0.25, 0.3) is 0 Å². The molecule has 0 amide bonds. The molecule has 3 nitrogen and oxygen atoms in total. The summed E-state index contributed by atoms with van der Waals surface area (Å²) in [4.78, 5) is 0. The Morgan fingerprint density at radius 1 is 1.00 bits per heavy atom. The monoisotopic (exact) mass is 339 g/mol. The molecule has 1 saturated carbocycles. The molecule has 1 aliphatic carbocycles. The Kier molecular flexibility index (Phi) is 5.77. The van der Waals surface area contributed by atoms with Gasteiger partial charge in [0.25, 0.3) is 0 Å². The molecule has 2 atom stereocenters. The molecule has 0 saturated heterocycles. The second kappa shape index (κ2) is 8.03. The smallest absolute Gasteiger partial charge is 0.119 e. The van der Waals surface area contributed by atoms with E-state index in [1.54, 1.807) is 7.11 Å². The first-order chi connectivity index (χ1) is 12.1. The Morgan fingerprint density at radius 3 is 2.40 bits per heavy atom. The fourth-order valence-corrected chi connectivity index (χ4v) is 3.73. The van der Waals surface area contributed by atoms with Crippen molar-refractivity contribution in [2.75, 3.05) is 26.8 Å². The summed E-state index contributed by atoms with van der Waals surface area (Å²) in [6.45, 7) is 8.07. The first kappa shape index (κ1) is 18.0. The molecule has 25 heavy (non-hydrogen) atoms. The Balaban J connectivity index is 1.53. The van der Waals surface area contributed by atoms with Crippen molar-refractivity contribution in [3.8, 4) is 5.75 Å². The molecule has 0 radical (unpaired) electrons. The number of benzene rings is 2. The normalized spacial score (nSPS) is 21.1. The number of rotatable bonds is 9. The van der Waals surface area contributed by atoms with Crippen molar-refractivity contribution in [1.29, 1.82) is 0 Å². The lowest BCUT2D eigenvalue weighted by Gasteiger charge is -2.08. The highest BCUT2D eigenvalue weighted by atomic mass is 16.5. The minimum atomic E-state index is 0.354. The first-order valence-electron chi connectivity index (χ1n) is 9.09. The van der Waals surface area contributed by atoms with E-state index in [1.165, 1.54) is 11.1 Å². The second-order valence-electron chi connectivity index (χ2n) is 7.45. The molecule has 0 heterocycles. The van der Waals surface area contributed by atoms with Crippen molar-refractivity contribution in [2.45, 2.75) is 26.4 Å². The summed E-state index contributed by atoms with van der Waals surface area (Å²) in [6, 6.07) is 18.9. The van der Waals surface area contributed by atoms with Crippen molar-refractivity contribution in [3.05, 3.63) is 65.7 Å². The van der Waals surface area contributed by atoms with Crippen LogP contribution in [0.1, 0.15) is 30.9 Å². The van der Waals surface area contributed by atoms with Crippen LogP contribution in [0.5, 0.6) is 5.75 Å². The summed E-state index contributed by atoms with van der Waals surface area (Å²) in [5.74, 6) is 2.23. The molecule has 0 spiro atoms. The molecule has 3 heteroatoms. The van der Waals surface area contributed by atoms with Crippen LogP contribution in [0.4, 0.5) is 0 Å². The van der Waals surface area contributed by atoms with Gasteiger partial charge in [0.15, 0.2) is 0 Å². The topological polar surface area (TPSA) is 30.5 Å². The van der Waals surface area contributed by atoms with E-state index >= 15 is 0 Å². The van der Waals surface area contributed by atoms with Crippen LogP contribution in [-0.4, -0.2) is 26.8 Å². The minimum absolute atomic E-state index is 0.354. The molecule has 1 aliphatic rings. The van der Waals surface area contributed by atoms with Gasteiger partial charge in [-0.1, -0.05) is 56.3 Å². The van der Waals surface area contributed by atoms with Crippen molar-refractivity contribution < 1.29 is 9.47 Å². The van der Waals surface area contributed by atoms with E-state index < -0.39 is 0 Å². The van der Waals surface area contributed by atoms with Crippen LogP contribution in [0.2, 0.25) is 0 Å². The highest BCUT2D eigenvalue weighted by Gasteiger charge is 2.57. The summed E-state index contributed by atoms with van der Waals surface area (Å²) >= 11 is 0. The van der Waals surface area contributed by atoms with E-state index in [-0.39, 0.29) is 0 Å². The largest absolute Gasteiger partial charge is 0.489 e. The number of hydrogen-bond donors (Lipinski definition) is 1. The Bertz CT molecular complexity index is 651. The molecule has 134 valence electrons. The molecule has 0 aromatic heterocycles. The predicted octanol–water partition coefficient (Wildman–Crippen LogP) is 4.24. The van der Waals surface area contributed by atoms with Gasteiger partial charge >= 0.3 is 0 Å². The lowest BCUT2D eigenvalue weighted by Crippen LogP contribution is -2.22. The van der Waals surface area contributed by atoms with E-state index in [0.29, 0.717) is 23.9 Å². The second-order valence-corrected chi connectivity index (χ2v) is 7.45. The zero-order valence-electron chi connectivity index (χ0n) is 15.5. The van der Waals surface area contributed by atoms with Crippen molar-refractivity contribution in [3.63, 3.8) is 0 Å². The maximum atomic E-state index is 5.89. The predicted molar refractivity (Wildman–Crippen MR) is 102 cm³/mol. The number of methoxy groups -OCH3 is 1. The van der Waals surface area contributed by atoms with Gasteiger partial charge in [-0.15, -0.1) is 0 Å². The third kappa shape index (κ3) is 4.42. The third-order valence-electron chi connectivity index (χ3n) is 5.39. The van der Waals surface area contributed by atoms with Gasteiger partial charge in [-0.25, -0.2) is 0 Å². The zero-order valence-corrected chi connectivity index (χ0v) is 15.5. The van der Waals surface area contributed by atoms with Gasteiger partial charge in [-0.2, -0.15) is 0 Å². The van der Waals surface area contributed by atoms with Gasteiger partial charge in [0.2, 0.25) is 0 Å². The quantitative estimate of drug-likeness (QED) is 0.693. The van der Waals surface area contributed by atoms with Gasteiger partial charge in [0.05, 0.1) is 6.61 Å². The van der Waals surface area contributed by atoms with E-state index in [2.05, 4.69) is 55.6 Å². The van der Waals surface area contributed by atoms with Gasteiger partial charge in [-0.05, 0) is 47.1 Å². The first-order valence-corrected chi connectivity index (χ1v) is 9.09. The highest BCUT2D eigenvalue weighted by Crippen LogP contribution is 2.64. The number of ether oxygens (including phenoxy) is 2. The molecule has 2 aromatic carbocycles. The van der Waals surface area contributed by atoms with Crippen LogP contribution < -0.4 is 10.1 Å². The summed E-state index contributed by atoms with van der Waals surface area (Å²) in [5, 5.41) is 3.50. The fourth-order valence-electron chi connectivity index (χ4n) is 3.73. The average molecular weight is 339 g/mol. The summed E-state index contributed by atoms with van der Waals surface area (Å²) in [7, 11) is 1.74. The molecule has 3 rings (SSSR count). The lowest BCUT2D eigenvalue weighted by molar-refractivity contribution is 0.198. The summed E-state index contributed by atoms with van der Waals surface area (Å²) < 4.78 is 11.0. The number of hydrogen-bond acceptors (Lipinski definition) is 3. The van der Waals surface area contributed by atoms with Gasteiger partial charge in [0, 0.05) is 13.7 Å². The maximum absolute atomic E-state index is 5.89. The van der Waals surface area contributed by atoms with Crippen LogP contribution in [0.15, 0.2) is 54.6 Å². The third-order valence-corrected chi connectivity index (χ3v) is 5.39. The minimum Gasteiger partial charge on any atom is -0.489 e. The lowest BCUT2D eigenvalue weighted by atomic mass is 10.0. The van der Waals surface area contributed by atoms with Crippen molar-refractivity contribution in [1.82, 2.24) is 5.32 Å². The van der Waals surface area contributed by atoms with Gasteiger partial charge in [-0.3, -0.25) is 0 Å².